The Morgan fingerprint density at radius 3 is 2.61 bits per heavy atom. The Balaban J connectivity index is 1.69. The van der Waals surface area contributed by atoms with Crippen molar-refractivity contribution in [3.05, 3.63) is 81.7 Å². The lowest BCUT2D eigenvalue weighted by Gasteiger charge is -2.23. The van der Waals surface area contributed by atoms with Gasteiger partial charge in [0.05, 0.1) is 30.1 Å². The van der Waals surface area contributed by atoms with Crippen LogP contribution >= 0.6 is 0 Å². The number of aromatic nitrogens is 2. The molecule has 1 amide bonds. The highest BCUT2D eigenvalue weighted by atomic mass is 16.5. The maximum absolute atomic E-state index is 13.4. The second-order valence-corrected chi connectivity index (χ2v) is 9.05. The Bertz CT molecular complexity index is 1420. The molecule has 0 bridgehead atoms. The molecule has 4 rings (SSSR count). The fraction of sp³-hybridized carbons (Fsp3) is 0.296. The highest BCUT2D eigenvalue weighted by molar-refractivity contribution is 5.79. The Kier molecular flexibility index (Phi) is 7.00. The minimum Gasteiger partial charge on any atom is -0.504 e. The highest BCUT2D eigenvalue weighted by Gasteiger charge is 2.29. The Morgan fingerprint density at radius 1 is 1.17 bits per heavy atom. The van der Waals surface area contributed by atoms with Crippen LogP contribution in [0.5, 0.6) is 17.2 Å². The van der Waals surface area contributed by atoms with Crippen molar-refractivity contribution in [1.82, 2.24) is 15.3 Å². The minimum atomic E-state index is -0.824. The van der Waals surface area contributed by atoms with Crippen molar-refractivity contribution in [1.29, 1.82) is 0 Å². The van der Waals surface area contributed by atoms with E-state index in [1.54, 1.807) is 19.1 Å². The average molecular weight is 492 g/mol. The molecule has 0 radical (unpaired) electrons. The molecule has 0 saturated carbocycles. The van der Waals surface area contributed by atoms with E-state index in [4.69, 9.17) is 9.15 Å². The smallest absolute Gasteiger partial charge is 0.227 e. The molecule has 2 heterocycles. The number of phenols is 1. The van der Waals surface area contributed by atoms with Gasteiger partial charge in [0.1, 0.15) is 11.6 Å². The van der Waals surface area contributed by atoms with Gasteiger partial charge in [-0.05, 0) is 42.7 Å². The van der Waals surface area contributed by atoms with Crippen LogP contribution in [0.2, 0.25) is 0 Å². The summed E-state index contributed by atoms with van der Waals surface area (Å²) in [5.41, 5.74) is 1.58. The van der Waals surface area contributed by atoms with Crippen molar-refractivity contribution < 1.29 is 24.2 Å². The monoisotopic (exact) mass is 491 g/mol. The van der Waals surface area contributed by atoms with E-state index in [1.165, 1.54) is 19.2 Å². The van der Waals surface area contributed by atoms with Crippen molar-refractivity contribution in [3.8, 4) is 17.2 Å². The Morgan fingerprint density at radius 2 is 1.92 bits per heavy atom. The second-order valence-electron chi connectivity index (χ2n) is 9.05. The molecule has 9 nitrogen and oxygen atoms in total. The lowest BCUT2D eigenvalue weighted by atomic mass is 9.91. The van der Waals surface area contributed by atoms with Gasteiger partial charge in [0, 0.05) is 12.5 Å². The fourth-order valence-corrected chi connectivity index (χ4v) is 4.22. The molecule has 9 heteroatoms. The number of rotatable bonds is 8. The van der Waals surface area contributed by atoms with Gasteiger partial charge < -0.3 is 29.7 Å². The lowest BCUT2D eigenvalue weighted by Crippen LogP contribution is -2.33. The number of H-pyrrole nitrogens is 1. The van der Waals surface area contributed by atoms with Gasteiger partial charge in [-0.1, -0.05) is 32.0 Å². The maximum atomic E-state index is 13.4. The number of benzene rings is 2. The Labute approximate surface area is 207 Å². The Hall–Kier alpha value is -4.27. The van der Waals surface area contributed by atoms with Crippen LogP contribution in [-0.4, -0.2) is 33.2 Å². The average Bonchev–Trinajstić information content (AvgIpc) is 3.27. The third-order valence-corrected chi connectivity index (χ3v) is 6.07. The number of carbonyl (C=O) groups excluding carboxylic acids is 1. The first-order valence-corrected chi connectivity index (χ1v) is 11.6. The molecule has 0 fully saturated rings. The normalized spacial score (nSPS) is 13.0. The zero-order chi connectivity index (χ0) is 26.0. The van der Waals surface area contributed by atoms with E-state index in [9.17, 15) is 19.8 Å². The van der Waals surface area contributed by atoms with Gasteiger partial charge in [0.2, 0.25) is 17.1 Å². The summed E-state index contributed by atoms with van der Waals surface area (Å²) in [5, 5.41) is 23.6. The summed E-state index contributed by atoms with van der Waals surface area (Å²) in [6.45, 7) is 5.55. The summed E-state index contributed by atoms with van der Waals surface area (Å²) in [5.74, 6) is -0.703. The lowest BCUT2D eigenvalue weighted by molar-refractivity contribution is -0.122. The second kappa shape index (κ2) is 10.2. The summed E-state index contributed by atoms with van der Waals surface area (Å²) in [6.07, 6.45) is -0.142. The molecule has 2 aromatic carbocycles. The van der Waals surface area contributed by atoms with E-state index in [-0.39, 0.29) is 35.5 Å². The van der Waals surface area contributed by atoms with Crippen LogP contribution in [0.4, 0.5) is 0 Å². The predicted octanol–water partition coefficient (Wildman–Crippen LogP) is 4.28. The fourth-order valence-electron chi connectivity index (χ4n) is 4.22. The van der Waals surface area contributed by atoms with Gasteiger partial charge >= 0.3 is 0 Å². The number of aromatic hydroxyl groups is 2. The number of para-hydroxylation sites is 2. The number of aromatic amines is 1. The zero-order valence-electron chi connectivity index (χ0n) is 20.5. The summed E-state index contributed by atoms with van der Waals surface area (Å²) >= 11 is 0. The number of hydrogen-bond donors (Lipinski definition) is 4. The summed E-state index contributed by atoms with van der Waals surface area (Å²) in [4.78, 5) is 33.6. The van der Waals surface area contributed by atoms with Crippen molar-refractivity contribution in [2.75, 3.05) is 7.11 Å². The van der Waals surface area contributed by atoms with E-state index in [2.05, 4.69) is 15.3 Å². The molecule has 0 aliphatic carbocycles. The summed E-state index contributed by atoms with van der Waals surface area (Å²) in [7, 11) is 1.41. The molecule has 188 valence electrons. The molecule has 0 aliphatic heterocycles. The molecular weight excluding hydrogens is 462 g/mol. The van der Waals surface area contributed by atoms with E-state index in [0.717, 1.165) is 11.0 Å². The number of fused-ring (bicyclic) bond motifs is 1. The van der Waals surface area contributed by atoms with Crippen molar-refractivity contribution in [2.45, 2.75) is 39.2 Å². The van der Waals surface area contributed by atoms with Crippen molar-refractivity contribution >= 4 is 16.9 Å². The molecular formula is C27H29N3O6. The molecule has 2 atom stereocenters. The number of amides is 1. The first-order valence-electron chi connectivity index (χ1n) is 11.6. The minimum absolute atomic E-state index is 0.0204. The van der Waals surface area contributed by atoms with Crippen LogP contribution < -0.4 is 15.5 Å². The van der Waals surface area contributed by atoms with E-state index < -0.39 is 23.1 Å². The number of nitrogens with zero attached hydrogens (tertiary/aromatic N) is 1. The van der Waals surface area contributed by atoms with Gasteiger partial charge in [-0.15, -0.1) is 0 Å². The maximum Gasteiger partial charge on any atom is 0.227 e. The number of phenolic OH excluding ortho intramolecular Hbond substituents is 1. The summed E-state index contributed by atoms with van der Waals surface area (Å²) < 4.78 is 11.0. The zero-order valence-corrected chi connectivity index (χ0v) is 20.5. The van der Waals surface area contributed by atoms with Gasteiger partial charge in [0.15, 0.2) is 17.3 Å². The molecule has 4 aromatic rings. The first-order chi connectivity index (χ1) is 17.2. The van der Waals surface area contributed by atoms with Crippen LogP contribution in [0.15, 0.2) is 57.7 Å². The summed E-state index contributed by atoms with van der Waals surface area (Å²) in [6, 6.07) is 13.0. The van der Waals surface area contributed by atoms with Crippen LogP contribution in [-0.2, 0) is 4.79 Å². The van der Waals surface area contributed by atoms with E-state index >= 15 is 0 Å². The van der Waals surface area contributed by atoms with Crippen LogP contribution in [0.3, 0.4) is 0 Å². The van der Waals surface area contributed by atoms with Crippen LogP contribution in [0.1, 0.15) is 55.1 Å². The largest absolute Gasteiger partial charge is 0.504 e. The number of imidazole rings is 1. The van der Waals surface area contributed by atoms with Crippen LogP contribution in [0.25, 0.3) is 11.0 Å². The van der Waals surface area contributed by atoms with Gasteiger partial charge in [0.25, 0.3) is 0 Å². The number of nitrogens with one attached hydrogen (secondary N) is 2. The first kappa shape index (κ1) is 24.8. The number of aryl methyl sites for hydroxylation is 1. The molecule has 36 heavy (non-hydrogen) atoms. The molecule has 4 N–H and O–H groups in total. The number of hydrogen-bond acceptors (Lipinski definition) is 7. The molecule has 2 aromatic heterocycles. The molecule has 2 unspecified atom stereocenters. The SMILES string of the molecule is COc1cc(C(CC(=O)NC(c2nc3ccccc3[nH]2)C(C)C)c2oc(C)cc(=O)c2O)ccc1O. The molecule has 0 saturated heterocycles. The number of methoxy groups -OCH3 is 1. The number of ether oxygens (including phenoxy) is 1. The van der Waals surface area contributed by atoms with E-state index in [1.807, 2.05) is 38.1 Å². The van der Waals surface area contributed by atoms with Gasteiger partial charge in [-0.2, -0.15) is 0 Å². The van der Waals surface area contributed by atoms with Crippen molar-refractivity contribution in [3.63, 3.8) is 0 Å². The van der Waals surface area contributed by atoms with Gasteiger partial charge in [-0.25, -0.2) is 4.98 Å². The molecule has 0 aliphatic rings. The van der Waals surface area contributed by atoms with Gasteiger partial charge in [-0.3, -0.25) is 9.59 Å². The van der Waals surface area contributed by atoms with Crippen LogP contribution in [0, 0.1) is 12.8 Å². The predicted molar refractivity (Wildman–Crippen MR) is 134 cm³/mol. The highest BCUT2D eigenvalue weighted by Crippen LogP contribution is 2.37. The molecule has 0 spiro atoms. The topological polar surface area (TPSA) is 138 Å². The van der Waals surface area contributed by atoms with E-state index in [0.29, 0.717) is 17.1 Å². The quantitative estimate of drug-likeness (QED) is 0.289. The standard InChI is InChI=1S/C27H29N3O6/c1-14(2)24(27-28-18-7-5-6-8-19(18)29-27)30-23(33)13-17(16-9-10-20(31)22(12-16)35-4)26-25(34)21(32)11-15(3)36-26/h5-12,14,17,24,31,34H,13H2,1-4H3,(H,28,29)(H,30,33). The third-order valence-electron chi connectivity index (χ3n) is 6.07. The third kappa shape index (κ3) is 5.05. The van der Waals surface area contributed by atoms with Crippen molar-refractivity contribution in [2.24, 2.45) is 5.92 Å². The number of carbonyl (C=O) groups is 1.